The molecule has 102 valence electrons. The number of nitrogens with zero attached hydrogens (tertiary/aromatic N) is 5. The van der Waals surface area contributed by atoms with Crippen molar-refractivity contribution in [1.29, 1.82) is 0 Å². The summed E-state index contributed by atoms with van der Waals surface area (Å²) in [5, 5.41) is 8.25. The van der Waals surface area contributed by atoms with Crippen molar-refractivity contribution in [1.82, 2.24) is 24.5 Å². The van der Waals surface area contributed by atoms with Crippen LogP contribution < -0.4 is 5.73 Å². The van der Waals surface area contributed by atoms with Crippen LogP contribution in [0.2, 0.25) is 0 Å². The van der Waals surface area contributed by atoms with E-state index >= 15 is 0 Å². The predicted molar refractivity (Wildman–Crippen MR) is 71.1 cm³/mol. The van der Waals surface area contributed by atoms with E-state index in [9.17, 15) is 4.79 Å². The molecule has 0 aliphatic carbocycles. The van der Waals surface area contributed by atoms with E-state index in [2.05, 4.69) is 10.2 Å². The first-order valence-electron chi connectivity index (χ1n) is 5.96. The molecule has 2 heterocycles. The van der Waals surface area contributed by atoms with Crippen LogP contribution in [0.15, 0.2) is 18.6 Å². The van der Waals surface area contributed by atoms with Crippen LogP contribution in [0, 0.1) is 6.92 Å². The minimum atomic E-state index is -0.0219. The Balaban J connectivity index is 1.97. The van der Waals surface area contributed by atoms with Gasteiger partial charge in [0, 0.05) is 38.6 Å². The normalized spacial score (nSPS) is 10.7. The molecule has 0 bridgehead atoms. The average Bonchev–Trinajstić information content (AvgIpc) is 2.85. The minimum Gasteiger partial charge on any atom is -0.396 e. The van der Waals surface area contributed by atoms with Gasteiger partial charge >= 0.3 is 0 Å². The topological polar surface area (TPSA) is 82.0 Å². The van der Waals surface area contributed by atoms with Gasteiger partial charge in [0.25, 0.3) is 0 Å². The highest BCUT2D eigenvalue weighted by Crippen LogP contribution is 2.08. The van der Waals surface area contributed by atoms with Crippen LogP contribution in [0.5, 0.6) is 0 Å². The number of hydrogen-bond donors (Lipinski definition) is 1. The second kappa shape index (κ2) is 5.13. The molecular weight excluding hydrogens is 244 g/mol. The van der Waals surface area contributed by atoms with Gasteiger partial charge in [0.1, 0.15) is 6.54 Å². The standard InChI is InChI=1S/C12H18N6O/c1-9-10(6-17(3)15-9)5-16(2)12(19)8-18-7-11(13)4-14-18/h4,6-7H,5,8,13H2,1-3H3. The summed E-state index contributed by atoms with van der Waals surface area (Å²) in [5.74, 6) is -0.0219. The molecule has 0 radical (unpaired) electrons. The van der Waals surface area contributed by atoms with Gasteiger partial charge in [-0.15, -0.1) is 0 Å². The lowest BCUT2D eigenvalue weighted by molar-refractivity contribution is -0.131. The van der Waals surface area contributed by atoms with Crippen molar-refractivity contribution >= 4 is 11.6 Å². The van der Waals surface area contributed by atoms with Crippen LogP contribution in [0.3, 0.4) is 0 Å². The van der Waals surface area contributed by atoms with Crippen LogP contribution >= 0.6 is 0 Å². The van der Waals surface area contributed by atoms with Gasteiger partial charge in [-0.3, -0.25) is 14.2 Å². The van der Waals surface area contributed by atoms with E-state index in [0.29, 0.717) is 12.2 Å². The summed E-state index contributed by atoms with van der Waals surface area (Å²) in [6.07, 6.45) is 5.09. The smallest absolute Gasteiger partial charge is 0.244 e. The lowest BCUT2D eigenvalue weighted by atomic mass is 10.2. The first-order valence-corrected chi connectivity index (χ1v) is 5.96. The zero-order valence-electron chi connectivity index (χ0n) is 11.4. The van der Waals surface area contributed by atoms with Gasteiger partial charge in [-0.05, 0) is 6.92 Å². The molecule has 0 aromatic carbocycles. The highest BCUT2D eigenvalue weighted by Gasteiger charge is 2.13. The minimum absolute atomic E-state index is 0.0219. The number of nitrogens with two attached hydrogens (primary N) is 1. The highest BCUT2D eigenvalue weighted by molar-refractivity contribution is 5.75. The molecule has 0 saturated heterocycles. The van der Waals surface area contributed by atoms with Crippen molar-refractivity contribution in [2.45, 2.75) is 20.0 Å². The van der Waals surface area contributed by atoms with Crippen molar-refractivity contribution in [2.24, 2.45) is 7.05 Å². The average molecular weight is 262 g/mol. The quantitative estimate of drug-likeness (QED) is 0.851. The van der Waals surface area contributed by atoms with Gasteiger partial charge in [-0.25, -0.2) is 0 Å². The largest absolute Gasteiger partial charge is 0.396 e. The van der Waals surface area contributed by atoms with Crippen LogP contribution in [0.1, 0.15) is 11.3 Å². The molecule has 0 spiro atoms. The Bertz CT molecular complexity index is 585. The third kappa shape index (κ3) is 3.12. The maximum atomic E-state index is 12.0. The summed E-state index contributed by atoms with van der Waals surface area (Å²) in [6, 6.07) is 0. The number of amides is 1. The Morgan fingerprint density at radius 1 is 1.47 bits per heavy atom. The van der Waals surface area contributed by atoms with E-state index in [1.807, 2.05) is 20.2 Å². The number of rotatable bonds is 4. The summed E-state index contributed by atoms with van der Waals surface area (Å²) < 4.78 is 3.28. The van der Waals surface area contributed by atoms with E-state index in [1.54, 1.807) is 22.8 Å². The molecule has 19 heavy (non-hydrogen) atoms. The second-order valence-corrected chi connectivity index (χ2v) is 4.63. The summed E-state index contributed by atoms with van der Waals surface area (Å²) in [7, 11) is 3.63. The first-order chi connectivity index (χ1) is 8.95. The molecule has 0 atom stereocenters. The van der Waals surface area contributed by atoms with Crippen LogP contribution in [-0.2, 0) is 24.9 Å². The first kappa shape index (κ1) is 13.1. The number of carbonyl (C=O) groups excluding carboxylic acids is 1. The second-order valence-electron chi connectivity index (χ2n) is 4.63. The molecule has 7 nitrogen and oxygen atoms in total. The maximum Gasteiger partial charge on any atom is 0.244 e. The molecule has 2 aromatic heterocycles. The number of anilines is 1. The molecule has 0 unspecified atom stereocenters. The maximum absolute atomic E-state index is 12.0. The van der Waals surface area contributed by atoms with Gasteiger partial charge in [-0.2, -0.15) is 10.2 Å². The number of likely N-dealkylation sites (N-methyl/N-ethyl adjacent to an activating group) is 1. The molecule has 2 rings (SSSR count). The van der Waals surface area contributed by atoms with Crippen molar-refractivity contribution in [3.63, 3.8) is 0 Å². The van der Waals surface area contributed by atoms with Crippen molar-refractivity contribution in [3.05, 3.63) is 29.8 Å². The summed E-state index contributed by atoms with van der Waals surface area (Å²) in [5.41, 5.74) is 8.09. The fraction of sp³-hybridized carbons (Fsp3) is 0.417. The van der Waals surface area contributed by atoms with Gasteiger partial charge in [-0.1, -0.05) is 0 Å². The number of aryl methyl sites for hydroxylation is 2. The van der Waals surface area contributed by atoms with E-state index in [1.165, 1.54) is 10.9 Å². The van der Waals surface area contributed by atoms with E-state index in [0.717, 1.165) is 11.3 Å². The Morgan fingerprint density at radius 3 is 2.74 bits per heavy atom. The van der Waals surface area contributed by atoms with Crippen molar-refractivity contribution < 1.29 is 4.79 Å². The van der Waals surface area contributed by atoms with E-state index in [4.69, 9.17) is 5.73 Å². The summed E-state index contributed by atoms with van der Waals surface area (Å²) >= 11 is 0. The van der Waals surface area contributed by atoms with E-state index < -0.39 is 0 Å². The zero-order valence-corrected chi connectivity index (χ0v) is 11.4. The molecule has 0 aliphatic heterocycles. The molecule has 0 fully saturated rings. The molecule has 2 aromatic rings. The van der Waals surface area contributed by atoms with Crippen molar-refractivity contribution in [2.75, 3.05) is 12.8 Å². The molecular formula is C12H18N6O. The molecule has 7 heteroatoms. The lowest BCUT2D eigenvalue weighted by Crippen LogP contribution is -2.30. The predicted octanol–water partition coefficient (Wildman–Crippen LogP) is 0.166. The van der Waals surface area contributed by atoms with Crippen molar-refractivity contribution in [3.8, 4) is 0 Å². The zero-order chi connectivity index (χ0) is 14.0. The van der Waals surface area contributed by atoms with Crippen LogP contribution in [-0.4, -0.2) is 37.4 Å². The SMILES string of the molecule is Cc1nn(C)cc1CN(C)C(=O)Cn1cc(N)cn1. The molecule has 0 aliphatic rings. The lowest BCUT2D eigenvalue weighted by Gasteiger charge is -2.16. The summed E-state index contributed by atoms with van der Waals surface area (Å²) in [4.78, 5) is 13.7. The van der Waals surface area contributed by atoms with E-state index in [-0.39, 0.29) is 12.5 Å². The fourth-order valence-electron chi connectivity index (χ4n) is 1.87. The molecule has 2 N–H and O–H groups in total. The van der Waals surface area contributed by atoms with Gasteiger partial charge in [0.05, 0.1) is 17.6 Å². The van der Waals surface area contributed by atoms with Crippen LogP contribution in [0.25, 0.3) is 0 Å². The van der Waals surface area contributed by atoms with Gasteiger partial charge < -0.3 is 10.6 Å². The third-order valence-electron chi connectivity index (χ3n) is 2.90. The number of nitrogen functional groups attached to an aromatic ring is 1. The van der Waals surface area contributed by atoms with Crippen LogP contribution in [0.4, 0.5) is 5.69 Å². The fourth-order valence-corrected chi connectivity index (χ4v) is 1.87. The van der Waals surface area contributed by atoms with Gasteiger partial charge in [0.2, 0.25) is 5.91 Å². The molecule has 0 saturated carbocycles. The third-order valence-corrected chi connectivity index (χ3v) is 2.90. The Labute approximate surface area is 111 Å². The Hall–Kier alpha value is -2.31. The highest BCUT2D eigenvalue weighted by atomic mass is 16.2. The number of carbonyl (C=O) groups is 1. The van der Waals surface area contributed by atoms with Gasteiger partial charge in [0.15, 0.2) is 0 Å². The Kier molecular flexibility index (Phi) is 3.55. The summed E-state index contributed by atoms with van der Waals surface area (Å²) in [6.45, 7) is 2.66. The Morgan fingerprint density at radius 2 is 2.21 bits per heavy atom. The monoisotopic (exact) mass is 262 g/mol. The number of hydrogen-bond acceptors (Lipinski definition) is 4. The number of aromatic nitrogens is 4. The molecule has 1 amide bonds.